The molecule has 3 rings (SSSR count). The molecule has 3 N–H and O–H groups in total. The van der Waals surface area contributed by atoms with Gasteiger partial charge < -0.3 is 25.6 Å². The average molecular weight is 459 g/mol. The van der Waals surface area contributed by atoms with Gasteiger partial charge in [0.15, 0.2) is 11.6 Å². The summed E-state index contributed by atoms with van der Waals surface area (Å²) in [5, 5.41) is 8.89. The normalized spacial score (nSPS) is 15.8. The Morgan fingerprint density at radius 3 is 2.48 bits per heavy atom. The number of nitrogens with zero attached hydrogens (tertiary/aromatic N) is 1. The topological polar surface area (TPSA) is 65.6 Å². The minimum absolute atomic E-state index is 0.197. The SMILES string of the molecule is CCCCNc1ccc(NC(=O)c2ccc(OCC3CCCN(C)C3)c(F)c2)cc1.CNC. The second kappa shape index (κ2) is 14.5. The van der Waals surface area contributed by atoms with Gasteiger partial charge >= 0.3 is 0 Å². The Hall–Kier alpha value is -2.64. The number of benzene rings is 2. The van der Waals surface area contributed by atoms with Gasteiger partial charge in [0, 0.05) is 35.9 Å². The van der Waals surface area contributed by atoms with E-state index in [2.05, 4.69) is 34.8 Å². The van der Waals surface area contributed by atoms with Crippen LogP contribution >= 0.6 is 0 Å². The van der Waals surface area contributed by atoms with Crippen LogP contribution in [0.1, 0.15) is 43.0 Å². The Morgan fingerprint density at radius 2 is 1.85 bits per heavy atom. The molecule has 1 aliphatic rings. The van der Waals surface area contributed by atoms with Crippen LogP contribution in [0.15, 0.2) is 42.5 Å². The first kappa shape index (κ1) is 26.6. The second-order valence-corrected chi connectivity index (χ2v) is 8.54. The third-order valence-corrected chi connectivity index (χ3v) is 5.39. The highest BCUT2D eigenvalue weighted by atomic mass is 19.1. The lowest BCUT2D eigenvalue weighted by Crippen LogP contribution is -2.34. The van der Waals surface area contributed by atoms with Crippen LogP contribution in [0.5, 0.6) is 5.75 Å². The van der Waals surface area contributed by atoms with Gasteiger partial charge in [-0.15, -0.1) is 0 Å². The minimum atomic E-state index is -0.512. The van der Waals surface area contributed by atoms with Gasteiger partial charge in [-0.1, -0.05) is 13.3 Å². The van der Waals surface area contributed by atoms with E-state index in [-0.39, 0.29) is 17.2 Å². The van der Waals surface area contributed by atoms with Crippen molar-refractivity contribution in [1.82, 2.24) is 10.2 Å². The van der Waals surface area contributed by atoms with Crippen LogP contribution in [-0.2, 0) is 0 Å². The van der Waals surface area contributed by atoms with Crippen molar-refractivity contribution >= 4 is 17.3 Å². The molecule has 1 aliphatic heterocycles. The van der Waals surface area contributed by atoms with Crippen molar-refractivity contribution in [2.75, 3.05) is 58.0 Å². The van der Waals surface area contributed by atoms with Crippen molar-refractivity contribution < 1.29 is 13.9 Å². The molecule has 33 heavy (non-hydrogen) atoms. The smallest absolute Gasteiger partial charge is 0.255 e. The summed E-state index contributed by atoms with van der Waals surface area (Å²) in [7, 11) is 5.84. The first-order valence-corrected chi connectivity index (χ1v) is 11.8. The van der Waals surface area contributed by atoms with E-state index in [0.29, 0.717) is 18.2 Å². The summed E-state index contributed by atoms with van der Waals surface area (Å²) in [6.45, 7) is 5.64. The summed E-state index contributed by atoms with van der Waals surface area (Å²) in [6.07, 6.45) is 4.49. The molecule has 0 aliphatic carbocycles. The van der Waals surface area contributed by atoms with Crippen LogP contribution in [0.25, 0.3) is 0 Å². The molecule has 2 aromatic rings. The number of likely N-dealkylation sites (tertiary alicyclic amines) is 1. The third-order valence-electron chi connectivity index (χ3n) is 5.39. The molecule has 0 bridgehead atoms. The number of carbonyl (C=O) groups excluding carboxylic acids is 1. The molecular weight excluding hydrogens is 419 g/mol. The highest BCUT2D eigenvalue weighted by molar-refractivity contribution is 6.04. The summed E-state index contributed by atoms with van der Waals surface area (Å²) < 4.78 is 20.1. The van der Waals surface area contributed by atoms with E-state index in [0.717, 1.165) is 51.0 Å². The first-order chi connectivity index (χ1) is 16.0. The van der Waals surface area contributed by atoms with E-state index in [1.807, 2.05) is 38.4 Å². The van der Waals surface area contributed by atoms with E-state index in [1.165, 1.54) is 12.1 Å². The van der Waals surface area contributed by atoms with Crippen LogP contribution in [0.3, 0.4) is 0 Å². The standard InChI is InChI=1S/C24H32FN3O2.C2H7N/c1-3-4-13-26-20-8-10-21(11-9-20)27-24(29)19-7-12-23(22(25)15-19)30-17-18-6-5-14-28(2)16-18;1-3-2/h7-12,15,18,26H,3-6,13-14,16-17H2,1-2H3,(H,27,29);3H,1-2H3. The Kier molecular flexibility index (Phi) is 11.7. The van der Waals surface area contributed by atoms with Crippen molar-refractivity contribution in [3.05, 3.63) is 53.8 Å². The number of ether oxygens (including phenoxy) is 1. The van der Waals surface area contributed by atoms with Gasteiger partial charge in [0.2, 0.25) is 0 Å². The maximum absolute atomic E-state index is 14.5. The summed E-state index contributed by atoms with van der Waals surface area (Å²) in [4.78, 5) is 14.7. The summed E-state index contributed by atoms with van der Waals surface area (Å²) in [6, 6.07) is 11.9. The lowest BCUT2D eigenvalue weighted by molar-refractivity contribution is 0.102. The quantitative estimate of drug-likeness (QED) is 0.469. The van der Waals surface area contributed by atoms with E-state index in [1.54, 1.807) is 6.07 Å². The first-order valence-electron chi connectivity index (χ1n) is 11.8. The molecule has 1 fully saturated rings. The summed E-state index contributed by atoms with van der Waals surface area (Å²) in [5.74, 6) is -0.254. The number of piperidine rings is 1. The molecule has 0 aromatic heterocycles. The Labute approximate surface area is 197 Å². The molecule has 1 amide bonds. The Bertz CT molecular complexity index is 845. The molecule has 1 saturated heterocycles. The van der Waals surface area contributed by atoms with Crippen molar-refractivity contribution in [2.45, 2.75) is 32.6 Å². The maximum atomic E-state index is 14.5. The summed E-state index contributed by atoms with van der Waals surface area (Å²) in [5.41, 5.74) is 1.95. The average Bonchev–Trinajstić information content (AvgIpc) is 2.80. The zero-order valence-electron chi connectivity index (χ0n) is 20.4. The highest BCUT2D eigenvalue weighted by Gasteiger charge is 2.19. The fourth-order valence-corrected chi connectivity index (χ4v) is 3.66. The predicted molar refractivity (Wildman–Crippen MR) is 135 cm³/mol. The zero-order valence-corrected chi connectivity index (χ0v) is 20.4. The molecule has 1 atom stereocenters. The fraction of sp³-hybridized carbons (Fsp3) is 0.500. The molecule has 0 radical (unpaired) electrons. The van der Waals surface area contributed by atoms with Gasteiger partial charge in [-0.3, -0.25) is 4.79 Å². The summed E-state index contributed by atoms with van der Waals surface area (Å²) >= 11 is 0. The Balaban J connectivity index is 0.00000122. The van der Waals surface area contributed by atoms with Gasteiger partial charge in [-0.05, 0) is 89.4 Å². The van der Waals surface area contributed by atoms with Crippen LogP contribution < -0.4 is 20.7 Å². The number of hydrogen-bond acceptors (Lipinski definition) is 5. The molecule has 1 heterocycles. The largest absolute Gasteiger partial charge is 0.490 e. The molecule has 7 heteroatoms. The molecule has 2 aromatic carbocycles. The number of anilines is 2. The molecular formula is C26H39FN4O2. The highest BCUT2D eigenvalue weighted by Crippen LogP contribution is 2.22. The monoisotopic (exact) mass is 458 g/mol. The number of halogens is 1. The number of amides is 1. The van der Waals surface area contributed by atoms with Crippen LogP contribution in [0.2, 0.25) is 0 Å². The van der Waals surface area contributed by atoms with Gasteiger partial charge in [0.05, 0.1) is 6.61 Å². The minimum Gasteiger partial charge on any atom is -0.490 e. The van der Waals surface area contributed by atoms with E-state index in [9.17, 15) is 9.18 Å². The molecule has 1 unspecified atom stereocenters. The van der Waals surface area contributed by atoms with Crippen LogP contribution in [0, 0.1) is 11.7 Å². The van der Waals surface area contributed by atoms with Crippen molar-refractivity contribution in [1.29, 1.82) is 0 Å². The number of carbonyl (C=O) groups is 1. The van der Waals surface area contributed by atoms with Gasteiger partial charge in [-0.25, -0.2) is 4.39 Å². The van der Waals surface area contributed by atoms with Gasteiger partial charge in [0.25, 0.3) is 5.91 Å². The van der Waals surface area contributed by atoms with Crippen LogP contribution in [0.4, 0.5) is 15.8 Å². The van der Waals surface area contributed by atoms with Crippen molar-refractivity contribution in [3.8, 4) is 5.75 Å². The van der Waals surface area contributed by atoms with Crippen molar-refractivity contribution in [3.63, 3.8) is 0 Å². The molecule has 0 spiro atoms. The number of hydrogen-bond donors (Lipinski definition) is 3. The molecule has 0 saturated carbocycles. The second-order valence-electron chi connectivity index (χ2n) is 8.54. The van der Waals surface area contributed by atoms with Crippen molar-refractivity contribution in [2.24, 2.45) is 5.92 Å². The third kappa shape index (κ3) is 9.40. The number of nitrogens with one attached hydrogen (secondary N) is 3. The fourth-order valence-electron chi connectivity index (χ4n) is 3.66. The van der Waals surface area contributed by atoms with Gasteiger partial charge in [0.1, 0.15) is 0 Å². The van der Waals surface area contributed by atoms with E-state index in [4.69, 9.17) is 4.74 Å². The van der Waals surface area contributed by atoms with Gasteiger partial charge in [-0.2, -0.15) is 0 Å². The number of rotatable bonds is 9. The van der Waals surface area contributed by atoms with Crippen LogP contribution in [-0.4, -0.2) is 58.2 Å². The Morgan fingerprint density at radius 1 is 1.15 bits per heavy atom. The number of unbranched alkanes of at least 4 members (excludes halogenated alkanes) is 1. The maximum Gasteiger partial charge on any atom is 0.255 e. The zero-order chi connectivity index (χ0) is 24.1. The lowest BCUT2D eigenvalue weighted by Gasteiger charge is -2.29. The van der Waals surface area contributed by atoms with E-state index < -0.39 is 5.82 Å². The predicted octanol–water partition coefficient (Wildman–Crippen LogP) is 4.85. The molecule has 6 nitrogen and oxygen atoms in total. The molecule has 182 valence electrons. The lowest BCUT2D eigenvalue weighted by atomic mass is 9.99. The van der Waals surface area contributed by atoms with E-state index >= 15 is 0 Å².